The highest BCUT2D eigenvalue weighted by molar-refractivity contribution is 7.79. The highest BCUT2D eigenvalue weighted by Gasteiger charge is 2.17. The SMILES string of the molecule is C#Cc1cccc(P(c2cccc(C#C)c2)c2cccc(C#C)c2)c1. The second-order valence-corrected chi connectivity index (χ2v) is 7.64. The van der Waals surface area contributed by atoms with E-state index in [2.05, 4.69) is 54.2 Å². The molecule has 0 saturated carbocycles. The molecule has 25 heavy (non-hydrogen) atoms. The maximum absolute atomic E-state index is 5.59. The van der Waals surface area contributed by atoms with Crippen LogP contribution in [0.1, 0.15) is 16.7 Å². The number of hydrogen-bond acceptors (Lipinski definition) is 0. The standard InChI is InChI=1S/C24H15P/c1-4-19-10-7-13-22(16-19)25(23-14-8-11-20(5-2)17-23)24-15-9-12-21(6-3)18-24/h1-3,7-18H. The molecular weight excluding hydrogens is 319 g/mol. The molecular formula is C24H15P. The monoisotopic (exact) mass is 334 g/mol. The molecule has 0 bridgehead atoms. The lowest BCUT2D eigenvalue weighted by Gasteiger charge is -2.20. The van der Waals surface area contributed by atoms with E-state index < -0.39 is 7.92 Å². The van der Waals surface area contributed by atoms with Gasteiger partial charge in [0.25, 0.3) is 0 Å². The molecule has 3 rings (SSSR count). The van der Waals surface area contributed by atoms with Gasteiger partial charge in [-0.3, -0.25) is 0 Å². The zero-order chi connectivity index (χ0) is 17.6. The topological polar surface area (TPSA) is 0 Å². The lowest BCUT2D eigenvalue weighted by molar-refractivity contribution is 1.67. The first-order valence-electron chi connectivity index (χ1n) is 7.75. The first-order chi connectivity index (χ1) is 12.2. The molecule has 0 fully saturated rings. The van der Waals surface area contributed by atoms with E-state index in [9.17, 15) is 0 Å². The predicted octanol–water partition coefficient (Wildman–Crippen LogP) is 3.39. The molecule has 0 amide bonds. The van der Waals surface area contributed by atoms with Crippen molar-refractivity contribution in [1.29, 1.82) is 0 Å². The maximum Gasteiger partial charge on any atom is 0.0249 e. The van der Waals surface area contributed by atoms with Crippen LogP contribution in [0.5, 0.6) is 0 Å². The molecule has 0 atom stereocenters. The predicted molar refractivity (Wildman–Crippen MR) is 109 cm³/mol. The molecule has 1 heteroatoms. The van der Waals surface area contributed by atoms with E-state index in [0.717, 1.165) is 16.7 Å². The molecule has 3 aromatic carbocycles. The average molecular weight is 334 g/mol. The van der Waals surface area contributed by atoms with E-state index in [4.69, 9.17) is 19.3 Å². The Morgan fingerprint density at radius 3 is 1.12 bits per heavy atom. The largest absolute Gasteiger partial charge is 0.115 e. The van der Waals surface area contributed by atoms with Gasteiger partial charge in [0, 0.05) is 16.7 Å². The minimum Gasteiger partial charge on any atom is -0.115 e. The van der Waals surface area contributed by atoms with Crippen molar-refractivity contribution in [3.63, 3.8) is 0 Å². The summed E-state index contributed by atoms with van der Waals surface area (Å²) in [5.41, 5.74) is 2.60. The van der Waals surface area contributed by atoms with Crippen LogP contribution >= 0.6 is 7.92 Å². The molecule has 116 valence electrons. The summed E-state index contributed by atoms with van der Waals surface area (Å²) in [6.07, 6.45) is 16.8. The first kappa shape index (κ1) is 16.6. The van der Waals surface area contributed by atoms with Gasteiger partial charge in [-0.1, -0.05) is 54.2 Å². The Labute approximate surface area is 150 Å². The average Bonchev–Trinajstić information content (AvgIpc) is 2.68. The van der Waals surface area contributed by atoms with Gasteiger partial charge in [-0.05, 0) is 60.2 Å². The van der Waals surface area contributed by atoms with Crippen LogP contribution < -0.4 is 15.9 Å². The minimum atomic E-state index is -0.798. The summed E-state index contributed by atoms with van der Waals surface area (Å²) in [5.74, 6) is 8.15. The molecule has 0 radical (unpaired) electrons. The molecule has 0 heterocycles. The van der Waals surface area contributed by atoms with Crippen LogP contribution in [-0.2, 0) is 0 Å². The third-order valence-corrected chi connectivity index (χ3v) is 6.20. The zero-order valence-electron chi connectivity index (χ0n) is 13.6. The van der Waals surface area contributed by atoms with Gasteiger partial charge in [0.05, 0.1) is 0 Å². The summed E-state index contributed by atoms with van der Waals surface area (Å²) in [7, 11) is -0.798. The fourth-order valence-electron chi connectivity index (χ4n) is 2.65. The maximum atomic E-state index is 5.59. The van der Waals surface area contributed by atoms with Gasteiger partial charge in [-0.25, -0.2) is 0 Å². The Morgan fingerprint density at radius 1 is 0.520 bits per heavy atom. The zero-order valence-corrected chi connectivity index (χ0v) is 14.5. The van der Waals surface area contributed by atoms with Gasteiger partial charge in [0.2, 0.25) is 0 Å². The van der Waals surface area contributed by atoms with Crippen molar-refractivity contribution in [1.82, 2.24) is 0 Å². The lowest BCUT2D eigenvalue weighted by atomic mass is 10.2. The van der Waals surface area contributed by atoms with Crippen LogP contribution in [0, 0.1) is 37.0 Å². The summed E-state index contributed by atoms with van der Waals surface area (Å²) >= 11 is 0. The summed E-state index contributed by atoms with van der Waals surface area (Å²) in [6.45, 7) is 0. The molecule has 0 aliphatic carbocycles. The van der Waals surface area contributed by atoms with E-state index in [1.807, 2.05) is 36.4 Å². The van der Waals surface area contributed by atoms with E-state index in [1.54, 1.807) is 0 Å². The van der Waals surface area contributed by atoms with Crippen molar-refractivity contribution < 1.29 is 0 Å². The Morgan fingerprint density at radius 2 is 0.840 bits per heavy atom. The number of benzene rings is 3. The van der Waals surface area contributed by atoms with Gasteiger partial charge < -0.3 is 0 Å². The fraction of sp³-hybridized carbons (Fsp3) is 0. The summed E-state index contributed by atoms with van der Waals surface area (Å²) in [6, 6.07) is 24.3. The van der Waals surface area contributed by atoms with Gasteiger partial charge in [0.1, 0.15) is 0 Å². The number of hydrogen-bond donors (Lipinski definition) is 0. The fourth-order valence-corrected chi connectivity index (χ4v) is 5.06. The van der Waals surface area contributed by atoms with E-state index in [-0.39, 0.29) is 0 Å². The second kappa shape index (κ2) is 7.56. The molecule has 0 aromatic heterocycles. The van der Waals surface area contributed by atoms with Crippen LogP contribution in [0.15, 0.2) is 72.8 Å². The summed E-state index contributed by atoms with van der Waals surface area (Å²) in [5, 5.41) is 3.52. The van der Waals surface area contributed by atoms with Gasteiger partial charge in [0.15, 0.2) is 0 Å². The first-order valence-corrected chi connectivity index (χ1v) is 9.09. The van der Waals surface area contributed by atoms with E-state index >= 15 is 0 Å². The number of terminal acetylenes is 3. The van der Waals surface area contributed by atoms with Crippen LogP contribution in [0.4, 0.5) is 0 Å². The van der Waals surface area contributed by atoms with E-state index in [1.165, 1.54) is 15.9 Å². The van der Waals surface area contributed by atoms with Crippen molar-refractivity contribution in [2.45, 2.75) is 0 Å². The van der Waals surface area contributed by atoms with Gasteiger partial charge in [-0.2, -0.15) is 0 Å². The van der Waals surface area contributed by atoms with Crippen LogP contribution in [-0.4, -0.2) is 0 Å². The highest BCUT2D eigenvalue weighted by Crippen LogP contribution is 2.33. The second-order valence-electron chi connectivity index (χ2n) is 5.42. The Bertz CT molecular complexity index is 902. The molecule has 0 aliphatic rings. The number of rotatable bonds is 3. The smallest absolute Gasteiger partial charge is 0.0249 e. The van der Waals surface area contributed by atoms with Crippen molar-refractivity contribution >= 4 is 23.8 Å². The van der Waals surface area contributed by atoms with Gasteiger partial charge in [-0.15, -0.1) is 19.3 Å². The molecule has 0 aliphatic heterocycles. The van der Waals surface area contributed by atoms with Crippen molar-refractivity contribution in [3.8, 4) is 37.0 Å². The highest BCUT2D eigenvalue weighted by atomic mass is 31.1. The quantitative estimate of drug-likeness (QED) is 0.509. The van der Waals surface area contributed by atoms with Crippen molar-refractivity contribution in [3.05, 3.63) is 89.5 Å². The summed E-state index contributed by atoms with van der Waals surface area (Å²) < 4.78 is 0. The normalized spacial score (nSPS) is 9.84. The van der Waals surface area contributed by atoms with Gasteiger partial charge >= 0.3 is 0 Å². The molecule has 0 unspecified atom stereocenters. The Hall–Kier alpha value is -3.23. The van der Waals surface area contributed by atoms with Crippen molar-refractivity contribution in [2.75, 3.05) is 0 Å². The molecule has 0 nitrogen and oxygen atoms in total. The van der Waals surface area contributed by atoms with Crippen LogP contribution in [0.25, 0.3) is 0 Å². The summed E-state index contributed by atoms with van der Waals surface area (Å²) in [4.78, 5) is 0. The van der Waals surface area contributed by atoms with Crippen LogP contribution in [0.2, 0.25) is 0 Å². The lowest BCUT2D eigenvalue weighted by Crippen LogP contribution is -2.21. The van der Waals surface area contributed by atoms with E-state index in [0.29, 0.717) is 0 Å². The molecule has 0 saturated heterocycles. The third-order valence-electron chi connectivity index (χ3n) is 3.81. The Kier molecular flexibility index (Phi) is 5.03. The van der Waals surface area contributed by atoms with Crippen LogP contribution in [0.3, 0.4) is 0 Å². The molecule has 3 aromatic rings. The third kappa shape index (κ3) is 3.65. The van der Waals surface area contributed by atoms with Crippen molar-refractivity contribution in [2.24, 2.45) is 0 Å². The minimum absolute atomic E-state index is 0.798. The Balaban J connectivity index is 2.22. The molecule has 0 spiro atoms. The molecule has 0 N–H and O–H groups in total.